The SMILES string of the molecule is CCOCCOC(=O)CC#N. The first-order valence-electron chi connectivity index (χ1n) is 3.41. The molecule has 4 heteroatoms. The molecule has 0 aliphatic heterocycles. The van der Waals surface area contributed by atoms with Crippen LogP contribution in [0, 0.1) is 11.3 Å². The van der Waals surface area contributed by atoms with E-state index in [9.17, 15) is 4.79 Å². The van der Waals surface area contributed by atoms with Crippen LogP contribution in [0.25, 0.3) is 0 Å². The first-order chi connectivity index (χ1) is 5.31. The zero-order valence-corrected chi connectivity index (χ0v) is 6.50. The van der Waals surface area contributed by atoms with Gasteiger partial charge in [0.2, 0.25) is 0 Å². The van der Waals surface area contributed by atoms with Crippen LogP contribution in [-0.4, -0.2) is 25.8 Å². The molecule has 0 N–H and O–H groups in total. The molecule has 0 radical (unpaired) electrons. The van der Waals surface area contributed by atoms with Gasteiger partial charge in [0.1, 0.15) is 13.0 Å². The number of nitrogens with zero attached hydrogens (tertiary/aromatic N) is 1. The average molecular weight is 157 g/mol. The lowest BCUT2D eigenvalue weighted by Crippen LogP contribution is -2.09. The minimum absolute atomic E-state index is 0.188. The number of ether oxygens (including phenoxy) is 2. The second-order valence-electron chi connectivity index (χ2n) is 1.75. The maximum absolute atomic E-state index is 10.5. The monoisotopic (exact) mass is 157 g/mol. The predicted molar refractivity (Wildman–Crippen MR) is 37.7 cm³/mol. The van der Waals surface area contributed by atoms with Gasteiger partial charge in [-0.1, -0.05) is 0 Å². The molecular weight excluding hydrogens is 146 g/mol. The third-order valence-electron chi connectivity index (χ3n) is 0.918. The van der Waals surface area contributed by atoms with Crippen LogP contribution in [0.5, 0.6) is 0 Å². The summed E-state index contributed by atoms with van der Waals surface area (Å²) in [7, 11) is 0. The van der Waals surface area contributed by atoms with Crippen molar-refractivity contribution in [3.63, 3.8) is 0 Å². The molecule has 0 rings (SSSR count). The van der Waals surface area contributed by atoms with Gasteiger partial charge in [0.05, 0.1) is 12.7 Å². The van der Waals surface area contributed by atoms with E-state index < -0.39 is 5.97 Å². The van der Waals surface area contributed by atoms with E-state index in [-0.39, 0.29) is 13.0 Å². The molecule has 0 heterocycles. The summed E-state index contributed by atoms with van der Waals surface area (Å²) in [4.78, 5) is 10.5. The molecule has 0 spiro atoms. The molecule has 0 aliphatic rings. The maximum atomic E-state index is 10.5. The highest BCUT2D eigenvalue weighted by atomic mass is 16.6. The fraction of sp³-hybridized carbons (Fsp3) is 0.714. The van der Waals surface area contributed by atoms with Crippen LogP contribution in [0.2, 0.25) is 0 Å². The van der Waals surface area contributed by atoms with E-state index in [0.717, 1.165) is 0 Å². The number of carbonyl (C=O) groups is 1. The van der Waals surface area contributed by atoms with Crippen LogP contribution in [0.15, 0.2) is 0 Å². The molecule has 62 valence electrons. The molecule has 0 amide bonds. The zero-order valence-electron chi connectivity index (χ0n) is 6.50. The van der Waals surface area contributed by atoms with Gasteiger partial charge in [0.15, 0.2) is 0 Å². The molecular formula is C7H11NO3. The first-order valence-corrected chi connectivity index (χ1v) is 3.41. The summed E-state index contributed by atoms with van der Waals surface area (Å²) in [5, 5.41) is 8.06. The van der Waals surface area contributed by atoms with Gasteiger partial charge in [-0.3, -0.25) is 4.79 Å². The van der Waals surface area contributed by atoms with Crippen molar-refractivity contribution in [1.29, 1.82) is 5.26 Å². The molecule has 0 fully saturated rings. The van der Waals surface area contributed by atoms with E-state index in [4.69, 9.17) is 10.00 Å². The van der Waals surface area contributed by atoms with Crippen LogP contribution in [0.1, 0.15) is 13.3 Å². The summed E-state index contributed by atoms with van der Waals surface area (Å²) < 4.78 is 9.50. The van der Waals surface area contributed by atoms with Gasteiger partial charge in [0, 0.05) is 6.61 Å². The van der Waals surface area contributed by atoms with Crippen molar-refractivity contribution in [1.82, 2.24) is 0 Å². The number of nitriles is 1. The van der Waals surface area contributed by atoms with Crippen molar-refractivity contribution in [2.45, 2.75) is 13.3 Å². The highest BCUT2D eigenvalue weighted by molar-refractivity contribution is 5.71. The Hall–Kier alpha value is -1.08. The molecule has 0 saturated carbocycles. The van der Waals surface area contributed by atoms with Gasteiger partial charge in [-0.25, -0.2) is 0 Å². The normalized spacial score (nSPS) is 8.73. The highest BCUT2D eigenvalue weighted by Gasteiger charge is 1.99. The summed E-state index contributed by atoms with van der Waals surface area (Å²) in [6, 6.07) is 1.69. The molecule has 0 aromatic carbocycles. The standard InChI is InChI=1S/C7H11NO3/c1-2-10-5-6-11-7(9)3-4-8/h2-3,5-6H2,1H3. The van der Waals surface area contributed by atoms with E-state index in [1.807, 2.05) is 6.92 Å². The van der Waals surface area contributed by atoms with Crippen molar-refractivity contribution in [2.75, 3.05) is 19.8 Å². The third kappa shape index (κ3) is 6.81. The van der Waals surface area contributed by atoms with Crippen LogP contribution < -0.4 is 0 Å². The van der Waals surface area contributed by atoms with Crippen molar-refractivity contribution >= 4 is 5.97 Å². The summed E-state index contributed by atoms with van der Waals surface area (Å²) in [6.45, 7) is 3.09. The minimum Gasteiger partial charge on any atom is -0.462 e. The van der Waals surface area contributed by atoms with Gasteiger partial charge in [-0.2, -0.15) is 5.26 Å². The van der Waals surface area contributed by atoms with Crippen molar-refractivity contribution in [3.05, 3.63) is 0 Å². The number of hydrogen-bond acceptors (Lipinski definition) is 4. The van der Waals surface area contributed by atoms with E-state index in [0.29, 0.717) is 13.2 Å². The molecule has 11 heavy (non-hydrogen) atoms. The van der Waals surface area contributed by atoms with Gasteiger partial charge < -0.3 is 9.47 Å². The lowest BCUT2D eigenvalue weighted by molar-refractivity contribution is -0.143. The molecule has 0 aromatic rings. The average Bonchev–Trinajstić information content (AvgIpc) is 1.99. The first kappa shape index (κ1) is 9.92. The van der Waals surface area contributed by atoms with Crippen molar-refractivity contribution in [3.8, 4) is 6.07 Å². The van der Waals surface area contributed by atoms with Crippen LogP contribution in [0.3, 0.4) is 0 Å². The van der Waals surface area contributed by atoms with Gasteiger partial charge >= 0.3 is 5.97 Å². The second-order valence-corrected chi connectivity index (χ2v) is 1.75. The largest absolute Gasteiger partial charge is 0.462 e. The fourth-order valence-electron chi connectivity index (χ4n) is 0.474. The lowest BCUT2D eigenvalue weighted by atomic mass is 10.5. The highest BCUT2D eigenvalue weighted by Crippen LogP contribution is 1.84. The van der Waals surface area contributed by atoms with E-state index in [1.165, 1.54) is 0 Å². The van der Waals surface area contributed by atoms with Gasteiger partial charge in [-0.05, 0) is 6.92 Å². The Kier molecular flexibility index (Phi) is 6.34. The summed E-state index contributed by atoms with van der Waals surface area (Å²) >= 11 is 0. The number of carbonyl (C=O) groups excluding carboxylic acids is 1. The lowest BCUT2D eigenvalue weighted by Gasteiger charge is -2.01. The number of rotatable bonds is 5. The van der Waals surface area contributed by atoms with E-state index in [2.05, 4.69) is 4.74 Å². The Labute approximate surface area is 65.7 Å². The van der Waals surface area contributed by atoms with Crippen LogP contribution >= 0.6 is 0 Å². The minimum atomic E-state index is -0.493. The van der Waals surface area contributed by atoms with Crippen LogP contribution in [0.4, 0.5) is 0 Å². The predicted octanol–water partition coefficient (Wildman–Crippen LogP) is 0.480. The Morgan fingerprint density at radius 1 is 1.55 bits per heavy atom. The maximum Gasteiger partial charge on any atom is 0.320 e. The summed E-state index contributed by atoms with van der Waals surface area (Å²) in [5.41, 5.74) is 0. The smallest absolute Gasteiger partial charge is 0.320 e. The molecule has 0 unspecified atom stereocenters. The third-order valence-corrected chi connectivity index (χ3v) is 0.918. The number of hydrogen-bond donors (Lipinski definition) is 0. The van der Waals surface area contributed by atoms with Crippen LogP contribution in [-0.2, 0) is 14.3 Å². The quantitative estimate of drug-likeness (QED) is 0.430. The summed E-state index contributed by atoms with van der Waals surface area (Å²) in [5.74, 6) is -0.493. The van der Waals surface area contributed by atoms with Gasteiger partial charge in [-0.15, -0.1) is 0 Å². The molecule has 0 saturated heterocycles. The van der Waals surface area contributed by atoms with E-state index >= 15 is 0 Å². The molecule has 0 bridgehead atoms. The van der Waals surface area contributed by atoms with Crippen molar-refractivity contribution in [2.24, 2.45) is 0 Å². The Morgan fingerprint density at radius 2 is 2.27 bits per heavy atom. The Balaban J connectivity index is 3.12. The zero-order chi connectivity index (χ0) is 8.53. The molecule has 0 aliphatic carbocycles. The number of esters is 1. The fourth-order valence-corrected chi connectivity index (χ4v) is 0.474. The Bertz CT molecular complexity index is 150. The molecule has 0 atom stereocenters. The van der Waals surface area contributed by atoms with E-state index in [1.54, 1.807) is 6.07 Å². The molecule has 0 aromatic heterocycles. The Morgan fingerprint density at radius 3 is 2.82 bits per heavy atom. The second kappa shape index (κ2) is 7.03. The topological polar surface area (TPSA) is 59.3 Å². The summed E-state index contributed by atoms with van der Waals surface area (Å²) in [6.07, 6.45) is -0.188. The van der Waals surface area contributed by atoms with Crippen molar-refractivity contribution < 1.29 is 14.3 Å². The van der Waals surface area contributed by atoms with Gasteiger partial charge in [0.25, 0.3) is 0 Å². The molecule has 4 nitrogen and oxygen atoms in total.